The first-order chi connectivity index (χ1) is 11.2. The van der Waals surface area contributed by atoms with Gasteiger partial charge in [-0.3, -0.25) is 19.7 Å². The summed E-state index contributed by atoms with van der Waals surface area (Å²) in [4.78, 5) is 25.1. The van der Waals surface area contributed by atoms with Gasteiger partial charge in [-0.1, -0.05) is 0 Å². The maximum atomic E-state index is 12.5. The Balaban J connectivity index is 1.34. The van der Waals surface area contributed by atoms with Crippen molar-refractivity contribution in [2.24, 2.45) is 5.41 Å². The Morgan fingerprint density at radius 2 is 1.91 bits per heavy atom. The van der Waals surface area contributed by atoms with Gasteiger partial charge in [-0.15, -0.1) is 0 Å². The van der Waals surface area contributed by atoms with Crippen LogP contribution in [0.15, 0.2) is 49.1 Å². The van der Waals surface area contributed by atoms with E-state index in [9.17, 15) is 4.79 Å². The molecule has 0 radical (unpaired) electrons. The van der Waals surface area contributed by atoms with Crippen LogP contribution in [0.1, 0.15) is 22.3 Å². The Bertz CT molecular complexity index is 683. The monoisotopic (exact) mass is 308 g/mol. The van der Waals surface area contributed by atoms with Crippen LogP contribution in [0.5, 0.6) is 0 Å². The van der Waals surface area contributed by atoms with Crippen molar-refractivity contribution >= 4 is 5.91 Å². The van der Waals surface area contributed by atoms with E-state index in [1.165, 1.54) is 5.56 Å². The molecule has 4 heterocycles. The van der Waals surface area contributed by atoms with E-state index in [0.29, 0.717) is 11.0 Å². The van der Waals surface area contributed by atoms with Gasteiger partial charge in [0.05, 0.1) is 5.56 Å². The highest BCUT2D eigenvalue weighted by Crippen LogP contribution is 2.40. The van der Waals surface area contributed by atoms with Crippen LogP contribution in [-0.2, 0) is 6.54 Å². The number of rotatable bonds is 3. The minimum atomic E-state index is 0.113. The van der Waals surface area contributed by atoms with Gasteiger partial charge in [0.25, 0.3) is 5.91 Å². The molecule has 2 aromatic heterocycles. The van der Waals surface area contributed by atoms with Crippen LogP contribution in [0.2, 0.25) is 0 Å². The summed E-state index contributed by atoms with van der Waals surface area (Å²) in [5.74, 6) is 0.113. The zero-order chi connectivity index (χ0) is 15.7. The van der Waals surface area contributed by atoms with Crippen LogP contribution >= 0.6 is 0 Å². The van der Waals surface area contributed by atoms with E-state index in [4.69, 9.17) is 0 Å². The lowest BCUT2D eigenvalue weighted by Crippen LogP contribution is -2.57. The maximum Gasteiger partial charge on any atom is 0.255 e. The molecule has 2 saturated heterocycles. The number of carbonyl (C=O) groups is 1. The summed E-state index contributed by atoms with van der Waals surface area (Å²) < 4.78 is 0. The Morgan fingerprint density at radius 3 is 2.65 bits per heavy atom. The quantitative estimate of drug-likeness (QED) is 0.868. The summed E-state index contributed by atoms with van der Waals surface area (Å²) in [5, 5.41) is 0. The maximum absolute atomic E-state index is 12.5. The molecule has 0 unspecified atom stereocenters. The Morgan fingerprint density at radius 1 is 1.09 bits per heavy atom. The van der Waals surface area contributed by atoms with Gasteiger partial charge in [0, 0.05) is 62.9 Å². The van der Waals surface area contributed by atoms with Gasteiger partial charge >= 0.3 is 0 Å². The molecule has 0 aliphatic carbocycles. The molecule has 23 heavy (non-hydrogen) atoms. The second-order valence-corrected chi connectivity index (χ2v) is 6.72. The molecule has 2 aromatic rings. The zero-order valence-electron chi connectivity index (χ0n) is 13.1. The lowest BCUT2D eigenvalue weighted by Gasteiger charge is -2.48. The summed E-state index contributed by atoms with van der Waals surface area (Å²) in [6.07, 6.45) is 8.14. The molecule has 0 bridgehead atoms. The first-order valence-electron chi connectivity index (χ1n) is 8.05. The summed E-state index contributed by atoms with van der Waals surface area (Å²) >= 11 is 0. The molecule has 0 atom stereocenters. The SMILES string of the molecule is O=C(c1cccnc1)N1CCC2(CN(Cc3ccncc3)C2)C1. The van der Waals surface area contributed by atoms with Crippen LogP contribution in [0, 0.1) is 5.41 Å². The largest absolute Gasteiger partial charge is 0.338 e. The highest BCUT2D eigenvalue weighted by atomic mass is 16.2. The number of carbonyl (C=O) groups excluding carboxylic acids is 1. The van der Waals surface area contributed by atoms with E-state index in [0.717, 1.165) is 39.1 Å². The molecular weight excluding hydrogens is 288 g/mol. The number of pyridine rings is 2. The summed E-state index contributed by atoms with van der Waals surface area (Å²) in [6, 6.07) is 7.80. The van der Waals surface area contributed by atoms with Gasteiger partial charge < -0.3 is 4.90 Å². The zero-order valence-corrected chi connectivity index (χ0v) is 13.1. The normalized spacial score (nSPS) is 19.7. The van der Waals surface area contributed by atoms with E-state index in [-0.39, 0.29) is 5.91 Å². The van der Waals surface area contributed by atoms with Crippen molar-refractivity contribution in [1.29, 1.82) is 0 Å². The third kappa shape index (κ3) is 2.84. The molecule has 2 aliphatic rings. The average molecular weight is 308 g/mol. The number of nitrogens with zero attached hydrogens (tertiary/aromatic N) is 4. The van der Waals surface area contributed by atoms with E-state index in [1.807, 2.05) is 29.4 Å². The van der Waals surface area contributed by atoms with Gasteiger partial charge in [-0.2, -0.15) is 0 Å². The Labute approximate surface area is 136 Å². The van der Waals surface area contributed by atoms with E-state index < -0.39 is 0 Å². The van der Waals surface area contributed by atoms with Crippen molar-refractivity contribution in [1.82, 2.24) is 19.8 Å². The molecule has 5 nitrogen and oxygen atoms in total. The highest BCUT2D eigenvalue weighted by Gasteiger charge is 2.48. The van der Waals surface area contributed by atoms with Crippen molar-refractivity contribution in [3.8, 4) is 0 Å². The predicted molar refractivity (Wildman–Crippen MR) is 86.7 cm³/mol. The Hall–Kier alpha value is -2.27. The predicted octanol–water partition coefficient (Wildman–Crippen LogP) is 1.82. The molecule has 2 aliphatic heterocycles. The third-order valence-corrected chi connectivity index (χ3v) is 4.91. The van der Waals surface area contributed by atoms with Crippen molar-refractivity contribution in [2.45, 2.75) is 13.0 Å². The second kappa shape index (κ2) is 5.74. The average Bonchev–Trinajstić information content (AvgIpc) is 3.01. The van der Waals surface area contributed by atoms with Gasteiger partial charge in [0.2, 0.25) is 0 Å². The molecule has 4 rings (SSSR count). The molecule has 0 N–H and O–H groups in total. The second-order valence-electron chi connectivity index (χ2n) is 6.72. The first kappa shape index (κ1) is 14.3. The Kier molecular flexibility index (Phi) is 3.58. The molecule has 0 aromatic carbocycles. The lowest BCUT2D eigenvalue weighted by molar-refractivity contribution is 0.00259. The van der Waals surface area contributed by atoms with Crippen LogP contribution in [0.25, 0.3) is 0 Å². The summed E-state index contributed by atoms with van der Waals surface area (Å²) in [6.45, 7) is 4.85. The summed E-state index contributed by atoms with van der Waals surface area (Å²) in [7, 11) is 0. The molecule has 5 heteroatoms. The molecule has 0 saturated carbocycles. The summed E-state index contributed by atoms with van der Waals surface area (Å²) in [5.41, 5.74) is 2.29. The van der Waals surface area contributed by atoms with Gasteiger partial charge in [-0.25, -0.2) is 0 Å². The van der Waals surface area contributed by atoms with Crippen LogP contribution < -0.4 is 0 Å². The van der Waals surface area contributed by atoms with Crippen molar-refractivity contribution in [2.75, 3.05) is 26.2 Å². The van der Waals surface area contributed by atoms with E-state index in [2.05, 4.69) is 27.0 Å². The van der Waals surface area contributed by atoms with E-state index >= 15 is 0 Å². The van der Waals surface area contributed by atoms with Crippen molar-refractivity contribution in [3.63, 3.8) is 0 Å². The first-order valence-corrected chi connectivity index (χ1v) is 8.05. The van der Waals surface area contributed by atoms with Crippen molar-refractivity contribution < 1.29 is 4.79 Å². The van der Waals surface area contributed by atoms with E-state index in [1.54, 1.807) is 12.4 Å². The fourth-order valence-electron chi connectivity index (χ4n) is 3.80. The number of amides is 1. The molecule has 118 valence electrons. The van der Waals surface area contributed by atoms with Crippen LogP contribution in [0.3, 0.4) is 0 Å². The smallest absolute Gasteiger partial charge is 0.255 e. The number of aromatic nitrogens is 2. The number of likely N-dealkylation sites (tertiary alicyclic amines) is 2. The van der Waals surface area contributed by atoms with Crippen LogP contribution in [-0.4, -0.2) is 51.9 Å². The third-order valence-electron chi connectivity index (χ3n) is 4.91. The molecule has 1 spiro atoms. The van der Waals surface area contributed by atoms with Gasteiger partial charge in [0.15, 0.2) is 0 Å². The minimum absolute atomic E-state index is 0.113. The fourth-order valence-corrected chi connectivity index (χ4v) is 3.80. The standard InChI is InChI=1S/C18H20N4O/c23-17(16-2-1-6-20-10-16)22-9-5-18(14-22)12-21(13-18)11-15-3-7-19-8-4-15/h1-4,6-8,10H,5,9,11-14H2. The topological polar surface area (TPSA) is 49.3 Å². The fraction of sp³-hybridized carbons (Fsp3) is 0.389. The minimum Gasteiger partial charge on any atom is -0.338 e. The lowest BCUT2D eigenvalue weighted by atomic mass is 9.79. The van der Waals surface area contributed by atoms with Gasteiger partial charge in [0.1, 0.15) is 0 Å². The molecular formula is C18H20N4O. The molecule has 2 fully saturated rings. The van der Waals surface area contributed by atoms with Crippen LogP contribution in [0.4, 0.5) is 0 Å². The molecule has 1 amide bonds. The van der Waals surface area contributed by atoms with Gasteiger partial charge in [-0.05, 0) is 36.2 Å². The van der Waals surface area contributed by atoms with Crippen molar-refractivity contribution in [3.05, 3.63) is 60.2 Å². The number of hydrogen-bond donors (Lipinski definition) is 0. The number of hydrogen-bond acceptors (Lipinski definition) is 4. The highest BCUT2D eigenvalue weighted by molar-refractivity contribution is 5.94.